The van der Waals surface area contributed by atoms with Gasteiger partial charge >= 0.3 is 0 Å². The molecule has 0 aliphatic heterocycles. The van der Waals surface area contributed by atoms with Crippen LogP contribution in [0.3, 0.4) is 0 Å². The van der Waals surface area contributed by atoms with Crippen molar-refractivity contribution < 1.29 is 27.6 Å². The van der Waals surface area contributed by atoms with Crippen LogP contribution in [0.4, 0.5) is 13.9 Å². The molecule has 0 aliphatic rings. The molecule has 13 heteroatoms. The lowest BCUT2D eigenvalue weighted by atomic mass is 10.1. The average molecular weight is 486 g/mol. The summed E-state index contributed by atoms with van der Waals surface area (Å²) in [5.41, 5.74) is 1.38. The maximum absolute atomic E-state index is 12.4. The van der Waals surface area contributed by atoms with Gasteiger partial charge in [-0.2, -0.15) is 4.98 Å². The molecule has 0 bridgehead atoms. The van der Waals surface area contributed by atoms with Crippen molar-refractivity contribution in [3.05, 3.63) is 60.3 Å². The highest BCUT2D eigenvalue weighted by molar-refractivity contribution is 7.22. The van der Waals surface area contributed by atoms with Crippen LogP contribution in [0.1, 0.15) is 16.2 Å². The summed E-state index contributed by atoms with van der Waals surface area (Å²) in [5, 5.41) is 9.07. The third kappa shape index (κ3) is 5.56. The molecule has 3 aromatic heterocycles. The van der Waals surface area contributed by atoms with Gasteiger partial charge in [-0.15, -0.1) is 0 Å². The minimum Gasteiger partial charge on any atom is -0.471 e. The Morgan fingerprint density at radius 2 is 2.12 bits per heavy atom. The minimum atomic E-state index is -2.64. The number of thiazole rings is 1. The maximum atomic E-state index is 12.4. The zero-order chi connectivity index (χ0) is 24.1. The fraction of sp³-hybridized carbons (Fsp3) is 0.143. The number of fused-ring (bicyclic) bond motifs is 1. The Labute approximate surface area is 194 Å². The van der Waals surface area contributed by atoms with E-state index in [1.54, 1.807) is 37.3 Å². The Bertz CT molecular complexity index is 1370. The number of aromatic nitrogens is 4. The molecule has 34 heavy (non-hydrogen) atoms. The molecule has 174 valence electrons. The molecule has 0 saturated heterocycles. The van der Waals surface area contributed by atoms with Gasteiger partial charge in [-0.05, 0) is 18.2 Å². The molecule has 1 aromatic carbocycles. The van der Waals surface area contributed by atoms with Gasteiger partial charge in [-0.25, -0.2) is 18.7 Å². The Morgan fingerprint density at radius 1 is 1.26 bits per heavy atom. The van der Waals surface area contributed by atoms with Gasteiger partial charge in [-0.3, -0.25) is 14.9 Å². The van der Waals surface area contributed by atoms with Crippen molar-refractivity contribution in [1.82, 2.24) is 25.4 Å². The van der Waals surface area contributed by atoms with E-state index >= 15 is 0 Å². The molecule has 0 radical (unpaired) electrons. The molecule has 4 aromatic rings. The second-order valence-corrected chi connectivity index (χ2v) is 7.70. The summed E-state index contributed by atoms with van der Waals surface area (Å²) in [6, 6.07) is 8.17. The molecule has 0 aliphatic carbocycles. The lowest BCUT2D eigenvalue weighted by molar-refractivity contribution is -0.111. The number of carbonyl (C=O) groups excluding carboxylic acids is 2. The number of nitrogens with zero attached hydrogens (tertiary/aromatic N) is 4. The third-order valence-electron chi connectivity index (χ3n) is 4.21. The van der Waals surface area contributed by atoms with E-state index in [4.69, 9.17) is 9.26 Å². The van der Waals surface area contributed by atoms with E-state index in [1.807, 2.05) is 0 Å². The van der Waals surface area contributed by atoms with E-state index in [1.165, 1.54) is 12.4 Å². The quantitative estimate of drug-likeness (QED) is 0.361. The van der Waals surface area contributed by atoms with Crippen molar-refractivity contribution in [2.75, 3.05) is 11.9 Å². The Hall–Kier alpha value is -4.26. The van der Waals surface area contributed by atoms with Crippen LogP contribution in [-0.2, 0) is 4.79 Å². The predicted molar refractivity (Wildman–Crippen MR) is 119 cm³/mol. The molecular weight excluding hydrogens is 470 g/mol. The lowest BCUT2D eigenvalue weighted by Crippen LogP contribution is -2.18. The summed E-state index contributed by atoms with van der Waals surface area (Å²) in [7, 11) is 0. The number of ether oxygens (including phenoxy) is 1. The highest BCUT2D eigenvalue weighted by Crippen LogP contribution is 2.32. The van der Waals surface area contributed by atoms with Gasteiger partial charge in [0.1, 0.15) is 4.70 Å². The average Bonchev–Trinajstić information content (AvgIpc) is 3.43. The monoisotopic (exact) mass is 486 g/mol. The molecule has 10 nitrogen and oxygen atoms in total. The fourth-order valence-corrected chi connectivity index (χ4v) is 3.68. The largest absolute Gasteiger partial charge is 0.471 e. The van der Waals surface area contributed by atoms with Gasteiger partial charge in [0.2, 0.25) is 17.6 Å². The van der Waals surface area contributed by atoms with E-state index in [-0.39, 0.29) is 11.0 Å². The third-order valence-corrected chi connectivity index (χ3v) is 5.18. The number of hydrogen-bond acceptors (Lipinski definition) is 9. The first-order valence-electron chi connectivity index (χ1n) is 9.74. The maximum Gasteiger partial charge on any atom is 0.272 e. The second-order valence-electron chi connectivity index (χ2n) is 6.70. The van der Waals surface area contributed by atoms with Crippen molar-refractivity contribution in [1.29, 1.82) is 0 Å². The minimum absolute atomic E-state index is 0.0109. The summed E-state index contributed by atoms with van der Waals surface area (Å²) in [5.74, 6) is -0.232. The van der Waals surface area contributed by atoms with Gasteiger partial charge in [0.15, 0.2) is 11.7 Å². The van der Waals surface area contributed by atoms with E-state index in [0.29, 0.717) is 33.1 Å². The zero-order valence-corrected chi connectivity index (χ0v) is 18.3. The van der Waals surface area contributed by atoms with Crippen molar-refractivity contribution in [3.63, 3.8) is 0 Å². The zero-order valence-electron chi connectivity index (χ0n) is 17.5. The molecule has 2 amide bonds. The first-order valence-corrected chi connectivity index (χ1v) is 10.6. The van der Waals surface area contributed by atoms with E-state index in [0.717, 1.165) is 17.4 Å². The summed E-state index contributed by atoms with van der Waals surface area (Å²) in [6.07, 6.45) is 1.03. The number of nitrogens with one attached hydrogen (secondary N) is 2. The number of anilines is 1. The number of carbonyl (C=O) groups is 2. The van der Waals surface area contributed by atoms with E-state index in [2.05, 4.69) is 30.7 Å². The molecular formula is C21H16F2N6O4S. The van der Waals surface area contributed by atoms with Gasteiger partial charge in [-0.1, -0.05) is 28.6 Å². The first kappa shape index (κ1) is 22.9. The summed E-state index contributed by atoms with van der Waals surface area (Å²) >= 11 is 1.03. The van der Waals surface area contributed by atoms with Gasteiger partial charge in [0.25, 0.3) is 18.2 Å². The number of rotatable bonds is 8. The summed E-state index contributed by atoms with van der Waals surface area (Å²) in [6.45, 7) is 0.861. The molecule has 4 rings (SSSR count). The standard InChI is InChI=1S/C21H16F2N6O4S/c1-11-26-18(29-33-11)12-3-2-4-13(9-12)19(31)24-8-6-16(30)28-21-27-14-5-7-25-20(17(14)34-21)32-10-15(22)23/h2-9,15H,10H2,1H3,(H,24,31)(H,27,28,30). The van der Waals surface area contributed by atoms with Crippen molar-refractivity contribution in [2.24, 2.45) is 0 Å². The van der Waals surface area contributed by atoms with Crippen LogP contribution in [0, 0.1) is 6.92 Å². The smallest absolute Gasteiger partial charge is 0.272 e. The number of benzene rings is 1. The fourth-order valence-electron chi connectivity index (χ4n) is 2.77. The van der Waals surface area contributed by atoms with Crippen LogP contribution in [0.15, 0.2) is 53.3 Å². The van der Waals surface area contributed by atoms with Gasteiger partial charge in [0.05, 0.1) is 5.52 Å². The normalized spacial score (nSPS) is 11.3. The van der Waals surface area contributed by atoms with Gasteiger partial charge < -0.3 is 14.6 Å². The number of aryl methyl sites for hydroxylation is 1. The molecule has 3 heterocycles. The summed E-state index contributed by atoms with van der Waals surface area (Å²) in [4.78, 5) is 36.8. The number of amides is 2. The summed E-state index contributed by atoms with van der Waals surface area (Å²) < 4.78 is 35.2. The molecule has 0 unspecified atom stereocenters. The Balaban J connectivity index is 1.37. The number of pyridine rings is 1. The SMILES string of the molecule is Cc1nc(-c2cccc(C(=O)NC=CC(=O)Nc3nc4ccnc(OCC(F)F)c4s3)c2)no1. The van der Waals surface area contributed by atoms with Crippen LogP contribution in [0.2, 0.25) is 0 Å². The molecule has 0 saturated carbocycles. The predicted octanol–water partition coefficient (Wildman–Crippen LogP) is 3.58. The Kier molecular flexibility index (Phi) is 6.82. The van der Waals surface area contributed by atoms with Crippen LogP contribution in [0.25, 0.3) is 21.6 Å². The molecule has 0 atom stereocenters. The number of halogens is 2. The van der Waals surface area contributed by atoms with Crippen LogP contribution in [-0.4, -0.2) is 45.0 Å². The number of alkyl halides is 2. The van der Waals surface area contributed by atoms with Crippen molar-refractivity contribution >= 4 is 38.5 Å². The molecule has 2 N–H and O–H groups in total. The number of hydrogen-bond donors (Lipinski definition) is 2. The molecule has 0 spiro atoms. The van der Waals surface area contributed by atoms with Gasteiger partial charge in [0, 0.05) is 36.5 Å². The van der Waals surface area contributed by atoms with E-state index in [9.17, 15) is 18.4 Å². The van der Waals surface area contributed by atoms with Crippen LogP contribution < -0.4 is 15.4 Å². The van der Waals surface area contributed by atoms with E-state index < -0.39 is 24.8 Å². The topological polar surface area (TPSA) is 132 Å². The van der Waals surface area contributed by atoms with Crippen LogP contribution >= 0.6 is 11.3 Å². The second kappa shape index (κ2) is 10.1. The molecule has 0 fully saturated rings. The Morgan fingerprint density at radius 3 is 2.88 bits per heavy atom. The van der Waals surface area contributed by atoms with Crippen molar-refractivity contribution in [2.45, 2.75) is 13.3 Å². The highest BCUT2D eigenvalue weighted by atomic mass is 32.1. The first-order chi connectivity index (χ1) is 16.4. The van der Waals surface area contributed by atoms with Crippen molar-refractivity contribution in [3.8, 4) is 17.3 Å². The lowest BCUT2D eigenvalue weighted by Gasteiger charge is -2.03. The van der Waals surface area contributed by atoms with Crippen LogP contribution in [0.5, 0.6) is 5.88 Å². The highest BCUT2D eigenvalue weighted by Gasteiger charge is 2.14.